The van der Waals surface area contributed by atoms with Crippen molar-refractivity contribution in [3.05, 3.63) is 66.7 Å². The summed E-state index contributed by atoms with van der Waals surface area (Å²) in [6.07, 6.45) is 0. The monoisotopic (exact) mass is 306 g/mol. The average Bonchev–Trinajstić information content (AvgIpc) is 2.61. The highest BCUT2D eigenvalue weighted by Gasteiger charge is 2.05. The summed E-state index contributed by atoms with van der Waals surface area (Å²) in [6.45, 7) is 0.204. The highest BCUT2D eigenvalue weighted by atomic mass is 16.5. The van der Waals surface area contributed by atoms with Gasteiger partial charge in [0.15, 0.2) is 0 Å². The number of rotatable bonds is 5. The topological polar surface area (TPSA) is 50.4 Å². The van der Waals surface area contributed by atoms with Gasteiger partial charge in [-0.05, 0) is 35.7 Å². The molecule has 3 aromatic rings. The number of benzene rings is 3. The normalized spacial score (nSPS) is 10.3. The Morgan fingerprint density at radius 2 is 1.70 bits per heavy atom. The first kappa shape index (κ1) is 14.9. The minimum absolute atomic E-state index is 0.0860. The van der Waals surface area contributed by atoms with Crippen LogP contribution in [-0.4, -0.2) is 19.6 Å². The minimum atomic E-state index is -0.0860. The van der Waals surface area contributed by atoms with Crippen LogP contribution in [0.4, 0.5) is 11.4 Å². The van der Waals surface area contributed by atoms with Crippen LogP contribution in [0.15, 0.2) is 66.7 Å². The molecule has 0 fully saturated rings. The zero-order chi connectivity index (χ0) is 16.1. The van der Waals surface area contributed by atoms with Crippen molar-refractivity contribution in [2.24, 2.45) is 0 Å². The van der Waals surface area contributed by atoms with Gasteiger partial charge in [0.2, 0.25) is 5.91 Å². The summed E-state index contributed by atoms with van der Waals surface area (Å²) in [5, 5.41) is 8.19. The van der Waals surface area contributed by atoms with E-state index in [2.05, 4.69) is 10.6 Å². The molecule has 116 valence electrons. The van der Waals surface area contributed by atoms with E-state index in [0.29, 0.717) is 0 Å². The van der Waals surface area contributed by atoms with E-state index in [-0.39, 0.29) is 12.5 Å². The van der Waals surface area contributed by atoms with Gasteiger partial charge in [0.25, 0.3) is 0 Å². The summed E-state index contributed by atoms with van der Waals surface area (Å²) in [7, 11) is 1.63. The Labute approximate surface area is 135 Å². The Morgan fingerprint density at radius 3 is 2.48 bits per heavy atom. The first-order valence-corrected chi connectivity index (χ1v) is 7.42. The predicted octanol–water partition coefficient (Wildman–Crippen LogP) is 3.90. The van der Waals surface area contributed by atoms with Crippen LogP contribution in [0, 0.1) is 0 Å². The van der Waals surface area contributed by atoms with E-state index in [1.165, 1.54) is 0 Å². The van der Waals surface area contributed by atoms with Crippen LogP contribution in [0.25, 0.3) is 10.8 Å². The van der Waals surface area contributed by atoms with Crippen LogP contribution in [-0.2, 0) is 4.79 Å². The number of methoxy groups -OCH3 is 1. The van der Waals surface area contributed by atoms with Crippen molar-refractivity contribution < 1.29 is 9.53 Å². The largest absolute Gasteiger partial charge is 0.497 e. The lowest BCUT2D eigenvalue weighted by molar-refractivity contribution is -0.114. The summed E-state index contributed by atoms with van der Waals surface area (Å²) in [4.78, 5) is 12.2. The molecule has 3 aromatic carbocycles. The molecule has 0 aromatic heterocycles. The van der Waals surface area contributed by atoms with E-state index < -0.39 is 0 Å². The number of nitrogens with one attached hydrogen (secondary N) is 2. The van der Waals surface area contributed by atoms with Gasteiger partial charge in [0.05, 0.1) is 13.7 Å². The second kappa shape index (κ2) is 6.83. The van der Waals surface area contributed by atoms with E-state index in [9.17, 15) is 4.79 Å². The molecule has 0 aliphatic carbocycles. The number of ether oxygens (including phenoxy) is 1. The maximum Gasteiger partial charge on any atom is 0.243 e. The lowest BCUT2D eigenvalue weighted by Crippen LogP contribution is -2.21. The molecule has 0 radical (unpaired) electrons. The van der Waals surface area contributed by atoms with E-state index in [4.69, 9.17) is 4.74 Å². The van der Waals surface area contributed by atoms with Crippen LogP contribution in [0.5, 0.6) is 5.75 Å². The Hall–Kier alpha value is -3.01. The molecule has 0 bridgehead atoms. The maximum absolute atomic E-state index is 12.2. The van der Waals surface area contributed by atoms with Crippen molar-refractivity contribution in [1.82, 2.24) is 0 Å². The smallest absolute Gasteiger partial charge is 0.243 e. The lowest BCUT2D eigenvalue weighted by atomic mass is 10.1. The second-order valence-electron chi connectivity index (χ2n) is 5.16. The zero-order valence-corrected chi connectivity index (χ0v) is 12.9. The summed E-state index contributed by atoms with van der Waals surface area (Å²) in [5.74, 6) is 0.702. The lowest BCUT2D eigenvalue weighted by Gasteiger charge is -2.10. The van der Waals surface area contributed by atoms with Gasteiger partial charge >= 0.3 is 0 Å². The third-order valence-corrected chi connectivity index (χ3v) is 3.61. The molecule has 3 rings (SSSR count). The first-order valence-electron chi connectivity index (χ1n) is 7.42. The quantitative estimate of drug-likeness (QED) is 0.751. The number of anilines is 2. The van der Waals surface area contributed by atoms with Crippen LogP contribution < -0.4 is 15.4 Å². The third kappa shape index (κ3) is 3.61. The van der Waals surface area contributed by atoms with E-state index in [1.807, 2.05) is 66.7 Å². The Kier molecular flexibility index (Phi) is 4.43. The molecule has 0 aliphatic heterocycles. The van der Waals surface area contributed by atoms with Crippen molar-refractivity contribution >= 4 is 28.1 Å². The molecule has 0 aliphatic rings. The summed E-state index contributed by atoms with van der Waals surface area (Å²) in [6, 6.07) is 21.3. The molecule has 4 nitrogen and oxygen atoms in total. The molecular weight excluding hydrogens is 288 g/mol. The SMILES string of the molecule is COc1ccc(NCC(=O)Nc2cccc3ccccc23)cc1. The van der Waals surface area contributed by atoms with Gasteiger partial charge in [-0.25, -0.2) is 0 Å². The number of carbonyl (C=O) groups is 1. The fourth-order valence-electron chi connectivity index (χ4n) is 2.42. The Balaban J connectivity index is 1.64. The molecular formula is C19H18N2O2. The standard InChI is InChI=1S/C19H18N2O2/c1-23-16-11-9-15(10-12-16)20-13-19(22)21-18-8-4-6-14-5-2-3-7-17(14)18/h2-12,20H,13H2,1H3,(H,21,22). The number of fused-ring (bicyclic) bond motifs is 1. The van der Waals surface area contributed by atoms with Gasteiger partial charge < -0.3 is 15.4 Å². The molecule has 0 spiro atoms. The van der Waals surface area contributed by atoms with Gasteiger partial charge in [-0.1, -0.05) is 36.4 Å². The van der Waals surface area contributed by atoms with Crippen LogP contribution in [0.3, 0.4) is 0 Å². The number of hydrogen-bond donors (Lipinski definition) is 2. The molecule has 4 heteroatoms. The molecule has 1 amide bonds. The van der Waals surface area contributed by atoms with Crippen LogP contribution in [0.2, 0.25) is 0 Å². The fraction of sp³-hybridized carbons (Fsp3) is 0.105. The highest BCUT2D eigenvalue weighted by molar-refractivity contribution is 6.03. The summed E-state index contributed by atoms with van der Waals surface area (Å²) >= 11 is 0. The molecule has 0 saturated carbocycles. The molecule has 0 unspecified atom stereocenters. The average molecular weight is 306 g/mol. The number of carbonyl (C=O) groups excluding carboxylic acids is 1. The van der Waals surface area contributed by atoms with Crippen molar-refractivity contribution in [2.75, 3.05) is 24.3 Å². The van der Waals surface area contributed by atoms with Gasteiger partial charge in [0, 0.05) is 16.8 Å². The molecule has 2 N–H and O–H groups in total. The van der Waals surface area contributed by atoms with Crippen LogP contribution in [0.1, 0.15) is 0 Å². The number of amides is 1. The van der Waals surface area contributed by atoms with Crippen molar-refractivity contribution in [3.63, 3.8) is 0 Å². The Morgan fingerprint density at radius 1 is 0.957 bits per heavy atom. The third-order valence-electron chi connectivity index (χ3n) is 3.61. The summed E-state index contributed by atoms with van der Waals surface area (Å²) < 4.78 is 5.11. The Bertz CT molecular complexity index is 808. The van der Waals surface area contributed by atoms with E-state index in [1.54, 1.807) is 7.11 Å². The van der Waals surface area contributed by atoms with Gasteiger partial charge in [-0.2, -0.15) is 0 Å². The first-order chi connectivity index (χ1) is 11.3. The van der Waals surface area contributed by atoms with Crippen molar-refractivity contribution in [1.29, 1.82) is 0 Å². The highest BCUT2D eigenvalue weighted by Crippen LogP contribution is 2.22. The molecule has 0 heterocycles. The number of hydrogen-bond acceptors (Lipinski definition) is 3. The van der Waals surface area contributed by atoms with Gasteiger partial charge in [-0.3, -0.25) is 4.79 Å². The fourth-order valence-corrected chi connectivity index (χ4v) is 2.42. The van der Waals surface area contributed by atoms with E-state index >= 15 is 0 Å². The predicted molar refractivity (Wildman–Crippen MR) is 94.1 cm³/mol. The van der Waals surface area contributed by atoms with E-state index in [0.717, 1.165) is 27.9 Å². The summed E-state index contributed by atoms with van der Waals surface area (Å²) in [5.41, 5.74) is 1.70. The van der Waals surface area contributed by atoms with Crippen LogP contribution >= 0.6 is 0 Å². The van der Waals surface area contributed by atoms with Crippen molar-refractivity contribution in [3.8, 4) is 5.75 Å². The maximum atomic E-state index is 12.2. The zero-order valence-electron chi connectivity index (χ0n) is 12.9. The second-order valence-corrected chi connectivity index (χ2v) is 5.16. The molecule has 0 saturated heterocycles. The minimum Gasteiger partial charge on any atom is -0.497 e. The van der Waals surface area contributed by atoms with Crippen molar-refractivity contribution in [2.45, 2.75) is 0 Å². The van der Waals surface area contributed by atoms with Gasteiger partial charge in [-0.15, -0.1) is 0 Å². The van der Waals surface area contributed by atoms with Gasteiger partial charge in [0.1, 0.15) is 5.75 Å². The molecule has 0 atom stereocenters. The molecule has 23 heavy (non-hydrogen) atoms.